The van der Waals surface area contributed by atoms with Crippen molar-refractivity contribution in [1.82, 2.24) is 9.21 Å². The van der Waals surface area contributed by atoms with Gasteiger partial charge in [-0.25, -0.2) is 8.42 Å². The molecule has 0 saturated carbocycles. The maximum atomic E-state index is 12.9. The molecule has 25 heavy (non-hydrogen) atoms. The molecule has 0 aromatic heterocycles. The number of rotatable bonds is 6. The zero-order valence-electron chi connectivity index (χ0n) is 15.6. The zero-order chi connectivity index (χ0) is 18.4. The van der Waals surface area contributed by atoms with Crippen LogP contribution in [0, 0.1) is 5.92 Å². The molecule has 1 aliphatic heterocycles. The first-order valence-electron chi connectivity index (χ1n) is 9.21. The van der Waals surface area contributed by atoms with Gasteiger partial charge in [-0.15, -0.1) is 0 Å². The van der Waals surface area contributed by atoms with Crippen molar-refractivity contribution in [3.63, 3.8) is 0 Å². The second-order valence-electron chi connectivity index (χ2n) is 7.07. The van der Waals surface area contributed by atoms with Gasteiger partial charge in [-0.2, -0.15) is 4.31 Å². The van der Waals surface area contributed by atoms with E-state index in [1.165, 1.54) is 9.87 Å². The van der Waals surface area contributed by atoms with Crippen LogP contribution >= 0.6 is 0 Å². The highest BCUT2D eigenvalue weighted by Gasteiger charge is 2.27. The van der Waals surface area contributed by atoms with Crippen molar-refractivity contribution in [2.24, 2.45) is 5.92 Å². The number of carbonyl (C=O) groups excluding carboxylic acids is 1. The molecular formula is C19H30N2O3S. The van der Waals surface area contributed by atoms with Crippen LogP contribution in [0.1, 0.15) is 45.6 Å². The number of aryl methyl sites for hydroxylation is 1. The molecule has 0 atom stereocenters. The summed E-state index contributed by atoms with van der Waals surface area (Å²) < 4.78 is 27.3. The summed E-state index contributed by atoms with van der Waals surface area (Å²) in [6.45, 7) is 8.14. The molecule has 1 aliphatic rings. The number of hydrogen-bond donors (Lipinski definition) is 0. The molecule has 1 amide bonds. The highest BCUT2D eigenvalue weighted by atomic mass is 32.2. The maximum Gasteiger partial charge on any atom is 0.243 e. The summed E-state index contributed by atoms with van der Waals surface area (Å²) in [5.74, 6) is 0.725. The van der Waals surface area contributed by atoms with Crippen LogP contribution in [0.4, 0.5) is 0 Å². The Hall–Kier alpha value is -1.40. The molecule has 2 rings (SSSR count). The van der Waals surface area contributed by atoms with Crippen molar-refractivity contribution >= 4 is 15.9 Å². The topological polar surface area (TPSA) is 57.7 Å². The molecule has 0 spiro atoms. The van der Waals surface area contributed by atoms with Crippen LogP contribution < -0.4 is 0 Å². The van der Waals surface area contributed by atoms with E-state index in [1.807, 2.05) is 19.1 Å². The summed E-state index contributed by atoms with van der Waals surface area (Å²) in [4.78, 5) is 14.0. The Kier molecular flexibility index (Phi) is 7.02. The van der Waals surface area contributed by atoms with Gasteiger partial charge in [0.05, 0.1) is 4.90 Å². The normalized spacial score (nSPS) is 16.9. The first kappa shape index (κ1) is 19.9. The lowest BCUT2D eigenvalue weighted by Crippen LogP contribution is -2.37. The molecule has 1 aromatic carbocycles. The van der Waals surface area contributed by atoms with Gasteiger partial charge in [0.1, 0.15) is 0 Å². The number of benzene rings is 1. The van der Waals surface area contributed by atoms with E-state index >= 15 is 0 Å². The molecule has 140 valence electrons. The van der Waals surface area contributed by atoms with Crippen LogP contribution in [0.5, 0.6) is 0 Å². The van der Waals surface area contributed by atoms with Crippen molar-refractivity contribution in [3.8, 4) is 0 Å². The van der Waals surface area contributed by atoms with Gasteiger partial charge >= 0.3 is 0 Å². The van der Waals surface area contributed by atoms with E-state index in [-0.39, 0.29) is 5.91 Å². The minimum Gasteiger partial charge on any atom is -0.341 e. The van der Waals surface area contributed by atoms with Crippen LogP contribution in [0.3, 0.4) is 0 Å². The molecule has 0 unspecified atom stereocenters. The van der Waals surface area contributed by atoms with Crippen molar-refractivity contribution < 1.29 is 13.2 Å². The Labute approximate surface area is 152 Å². The molecule has 0 aliphatic carbocycles. The number of carbonyl (C=O) groups is 1. The first-order chi connectivity index (χ1) is 11.8. The summed E-state index contributed by atoms with van der Waals surface area (Å²) in [7, 11) is -3.49. The van der Waals surface area contributed by atoms with Gasteiger partial charge in [0, 0.05) is 32.6 Å². The number of hydrogen-bond acceptors (Lipinski definition) is 3. The summed E-state index contributed by atoms with van der Waals surface area (Å²) >= 11 is 0. The molecular weight excluding hydrogens is 336 g/mol. The SMILES string of the molecule is CCC(=O)N1CCCN(S(=O)(=O)c2ccc(CCC(C)C)cc2)CC1. The Morgan fingerprint density at radius 3 is 2.36 bits per heavy atom. The van der Waals surface area contributed by atoms with Crippen LogP contribution in [0.15, 0.2) is 29.2 Å². The Morgan fingerprint density at radius 2 is 1.76 bits per heavy atom. The Balaban J connectivity index is 2.06. The predicted octanol–water partition coefficient (Wildman–Crippen LogP) is 2.91. The molecule has 0 bridgehead atoms. The van der Waals surface area contributed by atoms with Gasteiger partial charge in [0.25, 0.3) is 0 Å². The third kappa shape index (κ3) is 5.28. The summed E-state index contributed by atoms with van der Waals surface area (Å²) in [6.07, 6.45) is 3.21. The van der Waals surface area contributed by atoms with Gasteiger partial charge in [0.15, 0.2) is 0 Å². The van der Waals surface area contributed by atoms with E-state index in [9.17, 15) is 13.2 Å². The largest absolute Gasteiger partial charge is 0.341 e. The third-order valence-corrected chi connectivity index (χ3v) is 6.59. The Morgan fingerprint density at radius 1 is 1.08 bits per heavy atom. The van der Waals surface area contributed by atoms with Crippen molar-refractivity contribution in [2.45, 2.75) is 51.3 Å². The first-order valence-corrected chi connectivity index (χ1v) is 10.7. The standard InChI is InChI=1S/C19H30N2O3S/c1-4-19(22)20-12-5-13-21(15-14-20)25(23,24)18-10-8-17(9-11-18)7-6-16(2)3/h8-11,16H,4-7,12-15H2,1-3H3. The second kappa shape index (κ2) is 8.81. The molecule has 1 aromatic rings. The minimum absolute atomic E-state index is 0.0914. The highest BCUT2D eigenvalue weighted by molar-refractivity contribution is 7.89. The van der Waals surface area contributed by atoms with E-state index < -0.39 is 10.0 Å². The van der Waals surface area contributed by atoms with Crippen molar-refractivity contribution in [2.75, 3.05) is 26.2 Å². The fourth-order valence-electron chi connectivity index (χ4n) is 3.04. The van der Waals surface area contributed by atoms with Crippen LogP contribution in [-0.4, -0.2) is 49.7 Å². The van der Waals surface area contributed by atoms with E-state index in [0.717, 1.165) is 12.8 Å². The molecule has 1 heterocycles. The molecule has 1 fully saturated rings. The van der Waals surface area contributed by atoms with E-state index in [2.05, 4.69) is 13.8 Å². The van der Waals surface area contributed by atoms with Crippen LogP contribution in [-0.2, 0) is 21.2 Å². The lowest BCUT2D eigenvalue weighted by Gasteiger charge is -2.21. The van der Waals surface area contributed by atoms with Gasteiger partial charge in [-0.3, -0.25) is 4.79 Å². The summed E-state index contributed by atoms with van der Waals surface area (Å²) in [6, 6.07) is 7.26. The average molecular weight is 367 g/mol. The minimum atomic E-state index is -3.49. The highest BCUT2D eigenvalue weighted by Crippen LogP contribution is 2.19. The molecule has 5 nitrogen and oxygen atoms in total. The molecule has 0 N–H and O–H groups in total. The Bertz CT molecular complexity index is 668. The number of amides is 1. The van der Waals surface area contributed by atoms with Gasteiger partial charge in [0.2, 0.25) is 15.9 Å². The van der Waals surface area contributed by atoms with Crippen molar-refractivity contribution in [1.29, 1.82) is 0 Å². The third-order valence-electron chi connectivity index (χ3n) is 4.68. The maximum absolute atomic E-state index is 12.9. The quantitative estimate of drug-likeness (QED) is 0.778. The van der Waals surface area contributed by atoms with Gasteiger partial charge in [-0.1, -0.05) is 32.9 Å². The van der Waals surface area contributed by atoms with E-state index in [0.29, 0.717) is 49.8 Å². The number of nitrogens with zero attached hydrogens (tertiary/aromatic N) is 2. The summed E-state index contributed by atoms with van der Waals surface area (Å²) in [5, 5.41) is 0. The average Bonchev–Trinajstić information content (AvgIpc) is 2.86. The van der Waals surface area contributed by atoms with E-state index in [1.54, 1.807) is 17.0 Å². The predicted molar refractivity (Wildman–Crippen MR) is 99.8 cm³/mol. The monoisotopic (exact) mass is 366 g/mol. The van der Waals surface area contributed by atoms with Gasteiger partial charge in [-0.05, 0) is 42.9 Å². The zero-order valence-corrected chi connectivity index (χ0v) is 16.4. The van der Waals surface area contributed by atoms with E-state index in [4.69, 9.17) is 0 Å². The molecule has 6 heteroatoms. The fourth-order valence-corrected chi connectivity index (χ4v) is 4.51. The second-order valence-corrected chi connectivity index (χ2v) is 9.01. The fraction of sp³-hybridized carbons (Fsp3) is 0.632. The van der Waals surface area contributed by atoms with Crippen molar-refractivity contribution in [3.05, 3.63) is 29.8 Å². The van der Waals surface area contributed by atoms with Gasteiger partial charge < -0.3 is 4.90 Å². The lowest BCUT2D eigenvalue weighted by atomic mass is 10.0. The molecule has 0 radical (unpaired) electrons. The summed E-state index contributed by atoms with van der Waals surface area (Å²) in [5.41, 5.74) is 1.17. The van der Waals surface area contributed by atoms with Crippen LogP contribution in [0.2, 0.25) is 0 Å². The lowest BCUT2D eigenvalue weighted by molar-refractivity contribution is -0.130. The molecule has 1 saturated heterocycles. The van der Waals surface area contributed by atoms with Crippen LogP contribution in [0.25, 0.3) is 0 Å². The number of sulfonamides is 1. The smallest absolute Gasteiger partial charge is 0.243 e.